The Morgan fingerprint density at radius 1 is 1.10 bits per heavy atom. The minimum atomic E-state index is -0.0400. The molecule has 0 spiro atoms. The van der Waals surface area contributed by atoms with Crippen molar-refractivity contribution >= 4 is 28.6 Å². The van der Waals surface area contributed by atoms with Gasteiger partial charge in [-0.15, -0.1) is 0 Å². The summed E-state index contributed by atoms with van der Waals surface area (Å²) >= 11 is 6.05. The summed E-state index contributed by atoms with van der Waals surface area (Å²) < 4.78 is 5.91. The van der Waals surface area contributed by atoms with E-state index in [1.165, 1.54) is 0 Å². The van der Waals surface area contributed by atoms with E-state index >= 15 is 0 Å². The number of fused-ring (bicyclic) bond motifs is 1. The fourth-order valence-corrected chi connectivity index (χ4v) is 3.98. The van der Waals surface area contributed by atoms with E-state index in [0.717, 1.165) is 35.4 Å². The summed E-state index contributed by atoms with van der Waals surface area (Å²) in [5.74, 6) is 0.958. The van der Waals surface area contributed by atoms with Crippen molar-refractivity contribution in [2.24, 2.45) is 0 Å². The second kappa shape index (κ2) is 7.37. The third-order valence-corrected chi connectivity index (χ3v) is 5.61. The minimum absolute atomic E-state index is 0.0400. The Labute approximate surface area is 172 Å². The molecule has 1 amide bonds. The zero-order valence-electron chi connectivity index (χ0n) is 15.6. The number of nitrogens with one attached hydrogen (secondary N) is 1. The van der Waals surface area contributed by atoms with E-state index in [1.807, 2.05) is 53.4 Å². The molecule has 1 fully saturated rings. The molecule has 29 heavy (non-hydrogen) atoms. The lowest BCUT2D eigenvalue weighted by Gasteiger charge is -2.30. The lowest BCUT2D eigenvalue weighted by Crippen LogP contribution is -2.38. The van der Waals surface area contributed by atoms with Gasteiger partial charge in [0.05, 0.1) is 5.69 Å². The summed E-state index contributed by atoms with van der Waals surface area (Å²) in [4.78, 5) is 19.4. The molecule has 6 nitrogen and oxygen atoms in total. The molecule has 3 heterocycles. The first-order valence-corrected chi connectivity index (χ1v) is 10.0. The number of benzene rings is 2. The van der Waals surface area contributed by atoms with Crippen molar-refractivity contribution in [3.8, 4) is 11.3 Å². The third-order valence-electron chi connectivity index (χ3n) is 5.37. The van der Waals surface area contributed by atoms with Crippen LogP contribution in [0.3, 0.4) is 0 Å². The Bertz CT molecular complexity index is 1140. The summed E-state index contributed by atoms with van der Waals surface area (Å²) in [7, 11) is 0. The van der Waals surface area contributed by atoms with Gasteiger partial charge >= 0.3 is 0 Å². The number of carbonyl (C=O) groups is 1. The third kappa shape index (κ3) is 3.51. The first-order chi connectivity index (χ1) is 14.2. The molecule has 5 rings (SSSR count). The van der Waals surface area contributed by atoms with Crippen LogP contribution in [0.2, 0.25) is 5.02 Å². The number of carbonyl (C=O) groups excluding carboxylic acids is 1. The lowest BCUT2D eigenvalue weighted by molar-refractivity contribution is 0.0700. The fourth-order valence-electron chi connectivity index (χ4n) is 3.79. The maximum atomic E-state index is 12.9. The number of aromatic nitrogens is 3. The van der Waals surface area contributed by atoms with Crippen molar-refractivity contribution in [2.45, 2.75) is 18.8 Å². The fraction of sp³-hybridized carbons (Fsp3) is 0.227. The highest BCUT2D eigenvalue weighted by molar-refractivity contribution is 6.30. The molecule has 2 aromatic heterocycles. The maximum absolute atomic E-state index is 12.9. The molecule has 2 aromatic carbocycles. The highest BCUT2D eigenvalue weighted by Crippen LogP contribution is 2.30. The van der Waals surface area contributed by atoms with Gasteiger partial charge in [-0.2, -0.15) is 5.10 Å². The number of rotatable bonds is 3. The topological polar surface area (TPSA) is 75.0 Å². The molecular weight excluding hydrogens is 388 g/mol. The molecule has 0 radical (unpaired) electrons. The van der Waals surface area contributed by atoms with E-state index in [0.29, 0.717) is 29.5 Å². The highest BCUT2D eigenvalue weighted by atomic mass is 35.5. The van der Waals surface area contributed by atoms with Crippen LogP contribution in [-0.2, 0) is 0 Å². The van der Waals surface area contributed by atoms with Gasteiger partial charge in [0.1, 0.15) is 11.2 Å². The van der Waals surface area contributed by atoms with E-state index in [4.69, 9.17) is 16.0 Å². The SMILES string of the molecule is O=C(c1cc(-c2cccc(Cl)c2)n[nH]1)N1CCC(c2nc3ccccc3o2)CC1. The summed E-state index contributed by atoms with van der Waals surface area (Å²) in [6.45, 7) is 1.32. The molecule has 1 aliphatic heterocycles. The van der Waals surface area contributed by atoms with Crippen LogP contribution in [0, 0.1) is 0 Å². The Balaban J connectivity index is 1.26. The van der Waals surface area contributed by atoms with Crippen LogP contribution in [0.15, 0.2) is 59.0 Å². The number of para-hydroxylation sites is 2. The van der Waals surface area contributed by atoms with Crippen LogP contribution in [0.1, 0.15) is 35.1 Å². The number of halogens is 1. The smallest absolute Gasteiger partial charge is 0.271 e. The van der Waals surface area contributed by atoms with Crippen molar-refractivity contribution < 1.29 is 9.21 Å². The highest BCUT2D eigenvalue weighted by Gasteiger charge is 2.28. The van der Waals surface area contributed by atoms with Crippen LogP contribution < -0.4 is 0 Å². The Hall–Kier alpha value is -3.12. The normalized spacial score (nSPS) is 15.1. The van der Waals surface area contributed by atoms with Gasteiger partial charge in [0.15, 0.2) is 11.5 Å². The first-order valence-electron chi connectivity index (χ1n) is 9.63. The number of aromatic amines is 1. The van der Waals surface area contributed by atoms with Gasteiger partial charge in [-0.3, -0.25) is 9.89 Å². The van der Waals surface area contributed by atoms with E-state index in [1.54, 1.807) is 6.07 Å². The molecule has 1 saturated heterocycles. The maximum Gasteiger partial charge on any atom is 0.271 e. The van der Waals surface area contributed by atoms with E-state index in [-0.39, 0.29) is 11.8 Å². The molecular formula is C22H19ClN4O2. The van der Waals surface area contributed by atoms with E-state index in [2.05, 4.69) is 15.2 Å². The van der Waals surface area contributed by atoms with Crippen molar-refractivity contribution in [3.63, 3.8) is 0 Å². The van der Waals surface area contributed by atoms with Gasteiger partial charge in [0.2, 0.25) is 0 Å². The molecule has 7 heteroatoms. The Morgan fingerprint density at radius 3 is 2.72 bits per heavy atom. The predicted octanol–water partition coefficient (Wildman–Crippen LogP) is 4.89. The summed E-state index contributed by atoms with van der Waals surface area (Å²) in [5, 5.41) is 7.78. The molecule has 1 N–H and O–H groups in total. The molecule has 0 atom stereocenters. The van der Waals surface area contributed by atoms with Crippen LogP contribution in [0.4, 0.5) is 0 Å². The number of nitrogens with zero attached hydrogens (tertiary/aromatic N) is 3. The molecule has 0 saturated carbocycles. The van der Waals surface area contributed by atoms with Gasteiger partial charge in [-0.1, -0.05) is 35.9 Å². The molecule has 146 valence electrons. The number of hydrogen-bond donors (Lipinski definition) is 1. The molecule has 1 aliphatic rings. The van der Waals surface area contributed by atoms with E-state index in [9.17, 15) is 4.79 Å². The Morgan fingerprint density at radius 2 is 1.93 bits per heavy atom. The quantitative estimate of drug-likeness (QED) is 0.525. The number of piperidine rings is 1. The summed E-state index contributed by atoms with van der Waals surface area (Å²) in [5.41, 5.74) is 3.76. The lowest BCUT2D eigenvalue weighted by atomic mass is 9.96. The van der Waals surface area contributed by atoms with E-state index < -0.39 is 0 Å². The zero-order chi connectivity index (χ0) is 19.8. The summed E-state index contributed by atoms with van der Waals surface area (Å²) in [6.07, 6.45) is 1.65. The molecule has 4 aromatic rings. The van der Waals surface area contributed by atoms with Crippen LogP contribution in [-0.4, -0.2) is 39.1 Å². The monoisotopic (exact) mass is 406 g/mol. The van der Waals surface area contributed by atoms with Crippen molar-refractivity contribution in [3.05, 3.63) is 71.2 Å². The molecule has 0 unspecified atom stereocenters. The second-order valence-electron chi connectivity index (χ2n) is 7.26. The zero-order valence-corrected chi connectivity index (χ0v) is 16.4. The van der Waals surface area contributed by atoms with Gasteiger partial charge in [-0.05, 0) is 43.2 Å². The van der Waals surface area contributed by atoms with Gasteiger partial charge in [-0.25, -0.2) is 4.98 Å². The van der Waals surface area contributed by atoms with Crippen molar-refractivity contribution in [2.75, 3.05) is 13.1 Å². The predicted molar refractivity (Wildman–Crippen MR) is 111 cm³/mol. The number of hydrogen-bond acceptors (Lipinski definition) is 4. The number of amides is 1. The standard InChI is InChI=1S/C22H19ClN4O2/c23-16-5-3-4-15(12-16)18-13-19(26-25-18)22(28)27-10-8-14(9-11-27)21-24-17-6-1-2-7-20(17)29-21/h1-7,12-14H,8-11H2,(H,25,26). The Kier molecular flexibility index (Phi) is 4.56. The van der Waals surface area contributed by atoms with Gasteiger partial charge < -0.3 is 9.32 Å². The van der Waals surface area contributed by atoms with Crippen LogP contribution in [0.5, 0.6) is 0 Å². The minimum Gasteiger partial charge on any atom is -0.440 e. The average molecular weight is 407 g/mol. The summed E-state index contributed by atoms with van der Waals surface area (Å²) in [6, 6.07) is 17.0. The van der Waals surface area contributed by atoms with Gasteiger partial charge in [0.25, 0.3) is 5.91 Å². The first kappa shape index (κ1) is 17.9. The van der Waals surface area contributed by atoms with Crippen molar-refractivity contribution in [1.29, 1.82) is 0 Å². The number of H-pyrrole nitrogens is 1. The largest absolute Gasteiger partial charge is 0.440 e. The molecule has 0 bridgehead atoms. The number of oxazole rings is 1. The number of likely N-dealkylation sites (tertiary alicyclic amines) is 1. The average Bonchev–Trinajstić information content (AvgIpc) is 3.41. The van der Waals surface area contributed by atoms with Crippen LogP contribution >= 0.6 is 11.6 Å². The second-order valence-corrected chi connectivity index (χ2v) is 7.70. The van der Waals surface area contributed by atoms with Crippen LogP contribution in [0.25, 0.3) is 22.4 Å². The molecule has 0 aliphatic carbocycles. The van der Waals surface area contributed by atoms with Crippen molar-refractivity contribution in [1.82, 2.24) is 20.1 Å². The van der Waals surface area contributed by atoms with Gasteiger partial charge in [0, 0.05) is 29.6 Å².